The van der Waals surface area contributed by atoms with Crippen LogP contribution in [-0.2, 0) is 12.0 Å². The van der Waals surface area contributed by atoms with Crippen molar-refractivity contribution in [1.29, 1.82) is 0 Å². The van der Waals surface area contributed by atoms with Gasteiger partial charge in [0.15, 0.2) is 0 Å². The van der Waals surface area contributed by atoms with Crippen molar-refractivity contribution in [2.75, 3.05) is 5.32 Å². The lowest BCUT2D eigenvalue weighted by atomic mass is 9.87. The number of hydrogen-bond donors (Lipinski definition) is 1. The molecular formula is C18H22FN. The first-order valence-corrected chi connectivity index (χ1v) is 6.96. The Kier molecular flexibility index (Phi) is 4.12. The zero-order valence-electron chi connectivity index (χ0n) is 12.6. The molecule has 1 N–H and O–H groups in total. The van der Waals surface area contributed by atoms with Gasteiger partial charge in [0.25, 0.3) is 0 Å². The maximum atomic E-state index is 13.2. The molecule has 0 saturated carbocycles. The van der Waals surface area contributed by atoms with Crippen molar-refractivity contribution in [3.8, 4) is 0 Å². The quantitative estimate of drug-likeness (QED) is 0.824. The molecule has 0 aliphatic heterocycles. The zero-order valence-corrected chi connectivity index (χ0v) is 12.6. The van der Waals surface area contributed by atoms with Crippen LogP contribution in [0.1, 0.15) is 37.5 Å². The van der Waals surface area contributed by atoms with Gasteiger partial charge in [-0.05, 0) is 47.2 Å². The Hall–Kier alpha value is -1.83. The average Bonchev–Trinajstić information content (AvgIpc) is 2.40. The van der Waals surface area contributed by atoms with Crippen molar-refractivity contribution in [3.63, 3.8) is 0 Å². The standard InChI is InChI=1S/C18H22FN/c1-13-11-16(9-10-17(13)19)20-12-14-5-7-15(8-6-14)18(2,3)4/h5-11,20H,12H2,1-4H3. The highest BCUT2D eigenvalue weighted by Gasteiger charge is 2.12. The molecule has 0 aliphatic rings. The molecule has 0 amide bonds. The Morgan fingerprint density at radius 1 is 1.00 bits per heavy atom. The van der Waals surface area contributed by atoms with Crippen LogP contribution in [0.25, 0.3) is 0 Å². The molecule has 2 aromatic carbocycles. The van der Waals surface area contributed by atoms with Crippen LogP contribution in [0.3, 0.4) is 0 Å². The fraction of sp³-hybridized carbons (Fsp3) is 0.333. The van der Waals surface area contributed by atoms with Gasteiger partial charge in [-0.15, -0.1) is 0 Å². The topological polar surface area (TPSA) is 12.0 Å². The fourth-order valence-electron chi connectivity index (χ4n) is 2.08. The second-order valence-corrected chi connectivity index (χ2v) is 6.26. The van der Waals surface area contributed by atoms with Crippen molar-refractivity contribution >= 4 is 5.69 Å². The van der Waals surface area contributed by atoms with E-state index in [-0.39, 0.29) is 11.2 Å². The van der Waals surface area contributed by atoms with E-state index in [9.17, 15) is 4.39 Å². The predicted octanol–water partition coefficient (Wildman–Crippen LogP) is 5.04. The van der Waals surface area contributed by atoms with Crippen LogP contribution in [-0.4, -0.2) is 0 Å². The SMILES string of the molecule is Cc1cc(NCc2ccc(C(C)(C)C)cc2)ccc1F. The van der Waals surface area contributed by atoms with Gasteiger partial charge in [-0.3, -0.25) is 0 Å². The van der Waals surface area contributed by atoms with Gasteiger partial charge in [-0.1, -0.05) is 45.0 Å². The summed E-state index contributed by atoms with van der Waals surface area (Å²) < 4.78 is 13.2. The van der Waals surface area contributed by atoms with E-state index in [0.717, 1.165) is 12.2 Å². The molecule has 2 rings (SSSR count). The molecule has 0 heterocycles. The van der Waals surface area contributed by atoms with E-state index >= 15 is 0 Å². The molecule has 20 heavy (non-hydrogen) atoms. The highest BCUT2D eigenvalue weighted by atomic mass is 19.1. The van der Waals surface area contributed by atoms with Crippen molar-refractivity contribution in [3.05, 3.63) is 65.0 Å². The van der Waals surface area contributed by atoms with Crippen LogP contribution < -0.4 is 5.32 Å². The third kappa shape index (κ3) is 3.60. The molecule has 0 aromatic heterocycles. The first-order chi connectivity index (χ1) is 9.36. The minimum atomic E-state index is -0.162. The van der Waals surface area contributed by atoms with E-state index in [1.54, 1.807) is 13.0 Å². The highest BCUT2D eigenvalue weighted by molar-refractivity contribution is 5.46. The molecule has 0 radical (unpaired) electrons. The maximum absolute atomic E-state index is 13.2. The summed E-state index contributed by atoms with van der Waals surface area (Å²) in [5.74, 6) is -0.162. The molecule has 0 spiro atoms. The fourth-order valence-corrected chi connectivity index (χ4v) is 2.08. The largest absolute Gasteiger partial charge is 0.381 e. The van der Waals surface area contributed by atoms with E-state index in [1.807, 2.05) is 6.07 Å². The van der Waals surface area contributed by atoms with Gasteiger partial charge in [0.2, 0.25) is 0 Å². The smallest absolute Gasteiger partial charge is 0.126 e. The summed E-state index contributed by atoms with van der Waals surface area (Å²) in [6, 6.07) is 13.7. The van der Waals surface area contributed by atoms with Crippen molar-refractivity contribution in [2.24, 2.45) is 0 Å². The van der Waals surface area contributed by atoms with E-state index in [4.69, 9.17) is 0 Å². The minimum absolute atomic E-state index is 0.162. The molecule has 0 saturated heterocycles. The third-order valence-corrected chi connectivity index (χ3v) is 3.47. The summed E-state index contributed by atoms with van der Waals surface area (Å²) >= 11 is 0. The zero-order chi connectivity index (χ0) is 14.8. The number of halogens is 1. The number of hydrogen-bond acceptors (Lipinski definition) is 1. The van der Waals surface area contributed by atoms with Gasteiger partial charge in [-0.2, -0.15) is 0 Å². The van der Waals surface area contributed by atoms with Crippen molar-refractivity contribution in [1.82, 2.24) is 0 Å². The van der Waals surface area contributed by atoms with Gasteiger partial charge in [0.05, 0.1) is 0 Å². The van der Waals surface area contributed by atoms with Gasteiger partial charge in [-0.25, -0.2) is 4.39 Å². The summed E-state index contributed by atoms with van der Waals surface area (Å²) in [4.78, 5) is 0. The van der Waals surface area contributed by atoms with Crippen LogP contribution in [0.15, 0.2) is 42.5 Å². The summed E-state index contributed by atoms with van der Waals surface area (Å²) in [6.45, 7) is 9.15. The second-order valence-electron chi connectivity index (χ2n) is 6.26. The number of aryl methyl sites for hydroxylation is 1. The maximum Gasteiger partial charge on any atom is 0.126 e. The number of nitrogens with one attached hydrogen (secondary N) is 1. The van der Waals surface area contributed by atoms with E-state index in [0.29, 0.717) is 5.56 Å². The van der Waals surface area contributed by atoms with Crippen LogP contribution in [0.5, 0.6) is 0 Å². The Morgan fingerprint density at radius 3 is 2.20 bits per heavy atom. The van der Waals surface area contributed by atoms with Gasteiger partial charge < -0.3 is 5.32 Å². The molecule has 1 nitrogen and oxygen atoms in total. The molecule has 2 aromatic rings. The number of rotatable bonds is 3. The van der Waals surface area contributed by atoms with Crippen LogP contribution in [0.2, 0.25) is 0 Å². The molecule has 0 unspecified atom stereocenters. The van der Waals surface area contributed by atoms with E-state index in [2.05, 4.69) is 50.4 Å². The van der Waals surface area contributed by atoms with Gasteiger partial charge >= 0.3 is 0 Å². The molecule has 0 bridgehead atoms. The predicted molar refractivity (Wildman–Crippen MR) is 83.6 cm³/mol. The first-order valence-electron chi connectivity index (χ1n) is 6.96. The summed E-state index contributed by atoms with van der Waals surface area (Å²) in [6.07, 6.45) is 0. The average molecular weight is 271 g/mol. The normalized spacial score (nSPS) is 11.4. The van der Waals surface area contributed by atoms with E-state index in [1.165, 1.54) is 17.2 Å². The van der Waals surface area contributed by atoms with Crippen molar-refractivity contribution in [2.45, 2.75) is 39.7 Å². The molecule has 106 valence electrons. The van der Waals surface area contributed by atoms with Crippen LogP contribution >= 0.6 is 0 Å². The molecule has 0 aliphatic carbocycles. The lowest BCUT2D eigenvalue weighted by Crippen LogP contribution is -2.11. The van der Waals surface area contributed by atoms with Crippen molar-refractivity contribution < 1.29 is 4.39 Å². The monoisotopic (exact) mass is 271 g/mol. The van der Waals surface area contributed by atoms with Gasteiger partial charge in [0, 0.05) is 12.2 Å². The third-order valence-electron chi connectivity index (χ3n) is 3.47. The Morgan fingerprint density at radius 2 is 1.65 bits per heavy atom. The molecular weight excluding hydrogens is 249 g/mol. The Bertz CT molecular complexity index is 579. The summed E-state index contributed by atoms with van der Waals surface area (Å²) in [5, 5.41) is 3.32. The van der Waals surface area contributed by atoms with Gasteiger partial charge in [0.1, 0.15) is 5.82 Å². The summed E-state index contributed by atoms with van der Waals surface area (Å²) in [5.41, 5.74) is 4.35. The lowest BCUT2D eigenvalue weighted by Gasteiger charge is -2.19. The molecule has 2 heteroatoms. The number of anilines is 1. The molecule has 0 atom stereocenters. The van der Waals surface area contributed by atoms with Crippen LogP contribution in [0, 0.1) is 12.7 Å². The summed E-state index contributed by atoms with van der Waals surface area (Å²) in [7, 11) is 0. The Labute approximate surface area is 120 Å². The van der Waals surface area contributed by atoms with Crippen LogP contribution in [0.4, 0.5) is 10.1 Å². The first kappa shape index (κ1) is 14.6. The molecule has 0 fully saturated rings. The van der Waals surface area contributed by atoms with E-state index < -0.39 is 0 Å². The minimum Gasteiger partial charge on any atom is -0.381 e. The number of benzene rings is 2. The Balaban J connectivity index is 2.02. The lowest BCUT2D eigenvalue weighted by molar-refractivity contribution is 0.590. The highest BCUT2D eigenvalue weighted by Crippen LogP contribution is 2.22. The second kappa shape index (κ2) is 5.66.